The van der Waals surface area contributed by atoms with Crippen LogP contribution in [0.25, 0.3) is 0 Å². The fourth-order valence-electron chi connectivity index (χ4n) is 2.25. The second-order valence-electron chi connectivity index (χ2n) is 6.15. The molecule has 0 unspecified atom stereocenters. The van der Waals surface area contributed by atoms with Crippen LogP contribution in [0.2, 0.25) is 0 Å². The summed E-state index contributed by atoms with van der Waals surface area (Å²) in [6, 6.07) is 13.6. The van der Waals surface area contributed by atoms with Crippen LogP contribution in [0.4, 0.5) is 0 Å². The molecule has 0 aliphatic carbocycles. The Hall–Kier alpha value is -2.36. The summed E-state index contributed by atoms with van der Waals surface area (Å²) < 4.78 is 5.17. The zero-order valence-electron chi connectivity index (χ0n) is 16.5. The van der Waals surface area contributed by atoms with Gasteiger partial charge in [-0.15, -0.1) is 24.0 Å². The van der Waals surface area contributed by atoms with Crippen LogP contribution in [0.5, 0.6) is 5.75 Å². The monoisotopic (exact) mass is 497 g/mol. The molecule has 0 fully saturated rings. The second kappa shape index (κ2) is 12.9. The predicted octanol–water partition coefficient (Wildman–Crippen LogP) is 2.07. The Balaban J connectivity index is 0.00000392. The van der Waals surface area contributed by atoms with Gasteiger partial charge in [-0.25, -0.2) is 4.99 Å². The largest absolute Gasteiger partial charge is 0.497 e. The molecule has 1 amide bonds. The van der Waals surface area contributed by atoms with Crippen LogP contribution in [0.3, 0.4) is 0 Å². The van der Waals surface area contributed by atoms with Gasteiger partial charge in [0.1, 0.15) is 5.75 Å². The molecule has 8 heteroatoms. The fraction of sp³-hybridized carbons (Fsp3) is 0.350. The number of ether oxygens (including phenoxy) is 1. The minimum atomic E-state index is -0.0151. The van der Waals surface area contributed by atoms with Crippen molar-refractivity contribution in [3.8, 4) is 5.75 Å². The number of hydrogen-bond donors (Lipinski definition) is 2. The molecule has 2 aromatic rings. The molecule has 1 aromatic heterocycles. The highest BCUT2D eigenvalue weighted by molar-refractivity contribution is 14.0. The lowest BCUT2D eigenvalue weighted by Crippen LogP contribution is -2.43. The molecule has 0 spiro atoms. The Kier molecular flexibility index (Phi) is 10.9. The molecule has 1 aromatic carbocycles. The smallest absolute Gasteiger partial charge is 0.241 e. The van der Waals surface area contributed by atoms with Gasteiger partial charge in [0.2, 0.25) is 5.91 Å². The Morgan fingerprint density at radius 2 is 1.89 bits per heavy atom. The molecule has 7 nitrogen and oxygen atoms in total. The van der Waals surface area contributed by atoms with E-state index in [1.54, 1.807) is 32.3 Å². The number of carbonyl (C=O) groups excluding carboxylic acids is 1. The number of pyridine rings is 1. The van der Waals surface area contributed by atoms with Gasteiger partial charge in [-0.05, 0) is 29.8 Å². The van der Waals surface area contributed by atoms with Gasteiger partial charge in [-0.1, -0.05) is 18.2 Å². The molecule has 1 heterocycles. The van der Waals surface area contributed by atoms with E-state index in [1.165, 1.54) is 0 Å². The van der Waals surface area contributed by atoms with E-state index in [-0.39, 0.29) is 36.4 Å². The Morgan fingerprint density at radius 1 is 1.14 bits per heavy atom. The van der Waals surface area contributed by atoms with Gasteiger partial charge in [0.05, 0.1) is 20.2 Å². The van der Waals surface area contributed by atoms with E-state index >= 15 is 0 Å². The molecule has 0 saturated carbocycles. The van der Waals surface area contributed by atoms with Crippen molar-refractivity contribution in [3.63, 3.8) is 0 Å². The summed E-state index contributed by atoms with van der Waals surface area (Å²) in [5, 5.41) is 6.34. The zero-order chi connectivity index (χ0) is 19.5. The minimum Gasteiger partial charge on any atom is -0.497 e. The van der Waals surface area contributed by atoms with E-state index in [9.17, 15) is 4.79 Å². The zero-order valence-corrected chi connectivity index (χ0v) is 18.8. The van der Waals surface area contributed by atoms with Gasteiger partial charge in [0.15, 0.2) is 5.96 Å². The quantitative estimate of drug-likeness (QED) is 0.332. The third-order valence-electron chi connectivity index (χ3n) is 3.88. The Morgan fingerprint density at radius 3 is 2.50 bits per heavy atom. The minimum absolute atomic E-state index is 0. The summed E-state index contributed by atoms with van der Waals surface area (Å²) >= 11 is 0. The molecule has 2 N–H and O–H groups in total. The summed E-state index contributed by atoms with van der Waals surface area (Å²) in [7, 11) is 5.10. The predicted molar refractivity (Wildman–Crippen MR) is 122 cm³/mol. The third kappa shape index (κ3) is 8.55. The first-order chi connectivity index (χ1) is 13.1. The number of nitrogens with zero attached hydrogens (tertiary/aromatic N) is 3. The summed E-state index contributed by atoms with van der Waals surface area (Å²) in [5.41, 5.74) is 2.06. The molecule has 152 valence electrons. The molecule has 28 heavy (non-hydrogen) atoms. The first-order valence-electron chi connectivity index (χ1n) is 8.83. The number of aliphatic imine (C=N–C) groups is 1. The number of likely N-dealkylation sites (N-methyl/N-ethyl adjacent to an activating group) is 1. The molecule has 0 radical (unpaired) electrons. The van der Waals surface area contributed by atoms with E-state index in [0.29, 0.717) is 19.0 Å². The van der Waals surface area contributed by atoms with Crippen molar-refractivity contribution in [1.29, 1.82) is 0 Å². The van der Waals surface area contributed by atoms with Crippen molar-refractivity contribution >= 4 is 35.8 Å². The molecular weight excluding hydrogens is 469 g/mol. The van der Waals surface area contributed by atoms with E-state index < -0.39 is 0 Å². The van der Waals surface area contributed by atoms with Crippen molar-refractivity contribution < 1.29 is 9.53 Å². The van der Waals surface area contributed by atoms with Gasteiger partial charge < -0.3 is 20.3 Å². The lowest BCUT2D eigenvalue weighted by Gasteiger charge is -2.15. The van der Waals surface area contributed by atoms with Crippen LogP contribution in [0.1, 0.15) is 11.3 Å². The number of halogens is 1. The van der Waals surface area contributed by atoms with Crippen molar-refractivity contribution in [2.24, 2.45) is 4.99 Å². The SMILES string of the molecule is COc1ccc(CN=C(NCCc2ccccn2)NCC(=O)N(C)C)cc1.I. The van der Waals surface area contributed by atoms with E-state index in [4.69, 9.17) is 4.74 Å². The number of amides is 1. The van der Waals surface area contributed by atoms with Gasteiger partial charge in [0.25, 0.3) is 0 Å². The van der Waals surface area contributed by atoms with Crippen LogP contribution in [0.15, 0.2) is 53.7 Å². The van der Waals surface area contributed by atoms with Crippen molar-refractivity contribution in [2.45, 2.75) is 13.0 Å². The number of aromatic nitrogens is 1. The fourth-order valence-corrected chi connectivity index (χ4v) is 2.25. The normalized spacial score (nSPS) is 10.6. The summed E-state index contributed by atoms with van der Waals surface area (Å²) in [5.74, 6) is 1.39. The van der Waals surface area contributed by atoms with Crippen LogP contribution >= 0.6 is 24.0 Å². The average Bonchev–Trinajstić information content (AvgIpc) is 2.70. The summed E-state index contributed by atoms with van der Waals surface area (Å²) in [4.78, 5) is 22.3. The third-order valence-corrected chi connectivity index (χ3v) is 3.88. The molecule has 0 atom stereocenters. The topological polar surface area (TPSA) is 78.8 Å². The van der Waals surface area contributed by atoms with E-state index in [2.05, 4.69) is 20.6 Å². The standard InChI is InChI=1S/C20H27N5O2.HI/c1-25(2)19(26)15-24-20(22-13-11-17-6-4-5-12-21-17)23-14-16-7-9-18(27-3)10-8-16;/h4-10,12H,11,13-15H2,1-3H3,(H2,22,23,24);1H. The molecule has 0 aliphatic heterocycles. The number of hydrogen-bond acceptors (Lipinski definition) is 4. The molecule has 2 rings (SSSR count). The average molecular weight is 497 g/mol. The highest BCUT2D eigenvalue weighted by atomic mass is 127. The molecule has 0 bridgehead atoms. The Labute approximate surface area is 183 Å². The first kappa shape index (κ1) is 23.7. The number of methoxy groups -OCH3 is 1. The lowest BCUT2D eigenvalue weighted by atomic mass is 10.2. The lowest BCUT2D eigenvalue weighted by molar-refractivity contribution is -0.127. The van der Waals surface area contributed by atoms with Crippen LogP contribution in [-0.4, -0.2) is 56.0 Å². The molecular formula is C20H28IN5O2. The molecule has 0 saturated heterocycles. The molecule has 0 aliphatic rings. The number of guanidine groups is 1. The van der Waals surface area contributed by atoms with Gasteiger partial charge in [-0.2, -0.15) is 0 Å². The van der Waals surface area contributed by atoms with Crippen molar-refractivity contribution in [2.75, 3.05) is 34.3 Å². The highest BCUT2D eigenvalue weighted by Crippen LogP contribution is 2.11. The van der Waals surface area contributed by atoms with Gasteiger partial charge in [0, 0.05) is 39.0 Å². The van der Waals surface area contributed by atoms with Gasteiger partial charge in [-0.3, -0.25) is 9.78 Å². The number of carbonyl (C=O) groups is 1. The van der Waals surface area contributed by atoms with E-state index in [1.807, 2.05) is 42.5 Å². The highest BCUT2D eigenvalue weighted by Gasteiger charge is 2.06. The summed E-state index contributed by atoms with van der Waals surface area (Å²) in [6.45, 7) is 1.35. The second-order valence-corrected chi connectivity index (χ2v) is 6.15. The number of nitrogens with one attached hydrogen (secondary N) is 2. The van der Waals surface area contributed by atoms with Crippen LogP contribution in [0, 0.1) is 0 Å². The maximum Gasteiger partial charge on any atom is 0.241 e. The first-order valence-corrected chi connectivity index (χ1v) is 8.83. The number of benzene rings is 1. The summed E-state index contributed by atoms with van der Waals surface area (Å²) in [6.07, 6.45) is 2.55. The maximum absolute atomic E-state index is 11.8. The van der Waals surface area contributed by atoms with Gasteiger partial charge >= 0.3 is 0 Å². The van der Waals surface area contributed by atoms with E-state index in [0.717, 1.165) is 23.4 Å². The van der Waals surface area contributed by atoms with Crippen LogP contribution < -0.4 is 15.4 Å². The number of rotatable bonds is 8. The maximum atomic E-state index is 11.8. The van der Waals surface area contributed by atoms with Crippen LogP contribution in [-0.2, 0) is 17.8 Å². The van der Waals surface area contributed by atoms with Crippen molar-refractivity contribution in [1.82, 2.24) is 20.5 Å². The van der Waals surface area contributed by atoms with Crippen molar-refractivity contribution in [3.05, 3.63) is 59.9 Å². The Bertz CT molecular complexity index is 736.